The Hall–Kier alpha value is -4.21. The molecule has 18 rings (SSSR count). The maximum absolute atomic E-state index is 12.9. The second-order valence-corrected chi connectivity index (χ2v) is 40.8. The molecule has 6 aliphatic carbocycles. The Balaban J connectivity index is 0.000000135. The molecule has 3 N–H and O–H groups in total. The molecule has 6 bridgehead atoms. The number of hydrogen-bond acceptors (Lipinski definition) is 19. The third-order valence-electron chi connectivity index (χ3n) is 23.4. The first kappa shape index (κ1) is 90.0. The number of piperidine rings is 3. The molecular weight excluding hydrogens is 1870 g/mol. The van der Waals surface area contributed by atoms with Gasteiger partial charge in [-0.3, -0.25) is 13.7 Å². The first-order valence-corrected chi connectivity index (χ1v) is 48.9. The number of ether oxygens (including phenoxy) is 3. The van der Waals surface area contributed by atoms with Gasteiger partial charge >= 0.3 is 22.8 Å². The van der Waals surface area contributed by atoms with Crippen LogP contribution in [-0.2, 0) is 84.3 Å². The van der Waals surface area contributed by atoms with Crippen molar-refractivity contribution in [3.8, 4) is 33.8 Å². The van der Waals surface area contributed by atoms with E-state index in [9.17, 15) is 23.5 Å². The normalized spacial score (nSPS) is 22.3. The van der Waals surface area contributed by atoms with Crippen molar-refractivity contribution in [2.45, 2.75) is 197 Å². The highest BCUT2D eigenvalue weighted by atomic mass is 127. The first-order chi connectivity index (χ1) is 56.4. The fourth-order valence-electron chi connectivity index (χ4n) is 17.5. The predicted octanol–water partition coefficient (Wildman–Crippen LogP) is 24.5. The Morgan fingerprint density at radius 1 is 0.441 bits per heavy atom. The molecule has 32 heteroatoms. The second-order valence-electron chi connectivity index (χ2n) is 31.7. The van der Waals surface area contributed by atoms with E-state index in [1.54, 1.807) is 12.1 Å². The molecule has 9 aliphatic rings. The zero-order valence-corrected chi connectivity index (χ0v) is 77.2. The summed E-state index contributed by atoms with van der Waals surface area (Å²) in [5, 5.41) is 20.0. The van der Waals surface area contributed by atoms with E-state index >= 15 is 0 Å². The third kappa shape index (κ3) is 21.8. The Bertz CT molecular complexity index is 5000. The van der Waals surface area contributed by atoms with Crippen molar-refractivity contribution in [1.29, 1.82) is 0 Å². The Morgan fingerprint density at radius 2 is 0.763 bits per heavy atom. The maximum atomic E-state index is 12.9. The Labute approximate surface area is 744 Å². The summed E-state index contributed by atoms with van der Waals surface area (Å²) in [6, 6.07) is 41.4. The van der Waals surface area contributed by atoms with Gasteiger partial charge in [-0.05, 0) is 200 Å². The van der Waals surface area contributed by atoms with Gasteiger partial charge in [-0.1, -0.05) is 156 Å². The zero-order valence-electron chi connectivity index (χ0n) is 66.1. The number of rotatable bonds is 31. The number of fused-ring (bicyclic) bond motifs is 6. The van der Waals surface area contributed by atoms with Gasteiger partial charge in [-0.25, -0.2) is 0 Å². The predicted molar refractivity (Wildman–Crippen MR) is 477 cm³/mol. The van der Waals surface area contributed by atoms with Crippen LogP contribution in [0.25, 0.3) is 33.8 Å². The molecule has 6 heterocycles. The quantitative estimate of drug-likeness (QED) is 0.0270. The van der Waals surface area contributed by atoms with E-state index in [-0.39, 0.29) is 48.5 Å². The largest absolute Gasteiger partial charge is 0.373 e. The van der Waals surface area contributed by atoms with Gasteiger partial charge in [0.25, 0.3) is 0 Å². The standard InChI is InChI=1S/C30H35Cl2N2O5P.C26H27Cl2N2O5P.C19H20Cl2N2O2.C11H16BrO3P.HI/c1-3-37-40(35,38-4-2)18-19-8-12-22(13-9-19)34-16-21-14-23(34)15-27(21)36-17-24-29(33-39-30(24)20-10-11-20)28-25(31)6-5-7-26(28)32;27-21-2-1-3-22(28)24(21)25-20(26(35-29-25)16-6-7-16)13-34-23-11-19-10-17(23)12-30(19)18-8-4-15(5-9-18)14-36(31,32)33;20-14-2-1-3-15(21)17(14)18-13(19(25-23-18)10-4-5-10)9-24-16-7-12-6-11(16)8-22-12;1-3-14-16(13,15-4-2)9-10-5-7-11(12)8-6-10;/h5-9,12-13,20-21,23,27H,3-4,10-11,14-18H2,1-2H3;1-5,8-9,16-17,19,23H,6-7,10-14H2,(H2,31,32,33);1-3,10-12,16,22H,4-9H2;5-8H,3-4,9H2,1-2H3;1H/t21-,23-,27+;17-,19-,23+;11-,12-,16+;;/m000../s1. The summed E-state index contributed by atoms with van der Waals surface area (Å²) in [4.78, 5) is 23.3. The molecule has 0 spiro atoms. The molecule has 3 saturated heterocycles. The fourth-order valence-corrected chi connectivity index (χ4v) is 23.5. The summed E-state index contributed by atoms with van der Waals surface area (Å²) in [6.07, 6.45) is 14.1. The highest BCUT2D eigenvalue weighted by molar-refractivity contribution is 14.0. The van der Waals surface area contributed by atoms with E-state index in [0.29, 0.717) is 170 Å². The smallest absolute Gasteiger partial charge is 0.335 e. The van der Waals surface area contributed by atoms with E-state index in [2.05, 4.69) is 58.6 Å². The molecule has 118 heavy (non-hydrogen) atoms. The van der Waals surface area contributed by atoms with E-state index in [1.165, 1.54) is 12.1 Å². The van der Waals surface area contributed by atoms with E-state index in [4.69, 9.17) is 115 Å². The highest BCUT2D eigenvalue weighted by Gasteiger charge is 2.49. The second kappa shape index (κ2) is 40.0. The van der Waals surface area contributed by atoms with Crippen LogP contribution in [0.5, 0.6) is 0 Å². The molecule has 634 valence electrons. The Kier molecular flexibility index (Phi) is 30.5. The molecule has 9 aromatic rings. The average Bonchev–Trinajstić information content (AvgIpc) is 1.63. The van der Waals surface area contributed by atoms with Crippen molar-refractivity contribution in [3.63, 3.8) is 0 Å². The van der Waals surface area contributed by atoms with Crippen LogP contribution in [0.15, 0.2) is 145 Å². The number of nitrogens with zero attached hydrogens (tertiary/aromatic N) is 5. The molecule has 3 aliphatic heterocycles. The van der Waals surface area contributed by atoms with Crippen LogP contribution in [-0.4, -0.2) is 108 Å². The van der Waals surface area contributed by atoms with Crippen molar-refractivity contribution >= 4 is 144 Å². The Morgan fingerprint density at radius 3 is 1.04 bits per heavy atom. The van der Waals surface area contributed by atoms with Gasteiger partial charge in [0, 0.05) is 117 Å². The lowest BCUT2D eigenvalue weighted by molar-refractivity contribution is 0.00913. The van der Waals surface area contributed by atoms with Crippen LogP contribution in [0, 0.1) is 17.8 Å². The van der Waals surface area contributed by atoms with Crippen LogP contribution in [0.3, 0.4) is 0 Å². The minimum absolute atomic E-state index is 0. The summed E-state index contributed by atoms with van der Waals surface area (Å²) in [6.45, 7) is 13.1. The summed E-state index contributed by atoms with van der Waals surface area (Å²) >= 11 is 42.2. The van der Waals surface area contributed by atoms with Crippen molar-refractivity contribution < 1.29 is 69.4 Å². The van der Waals surface area contributed by atoms with E-state index < -0.39 is 22.8 Å². The van der Waals surface area contributed by atoms with Crippen molar-refractivity contribution in [1.82, 2.24) is 20.8 Å². The SMILES string of the molecule is CCOP(=O)(Cc1ccc(Br)cc1)OCC.CCOP(=O)(Cc1ccc(N2C[C@@H]3C[C@H]2C[C@H]3OCc2c(-c3c(Cl)cccc3Cl)noc2C2CC2)cc1)OCC.Clc1cccc(Cl)c1-c1noc(C2CC2)c1CO[C@@H]1C[C@@H]2C[C@H]1CN2.I.O=P(O)(O)Cc1ccc(N2C[C@@H]3C[C@H]2C[C@H]3OCc2c(-c3c(Cl)cccc3Cl)noc2C2CC2)cc1. The molecule has 0 amide bonds. The summed E-state index contributed by atoms with van der Waals surface area (Å²) in [5.74, 6) is 5.50. The van der Waals surface area contributed by atoms with Crippen LogP contribution >= 0.6 is 132 Å². The highest BCUT2D eigenvalue weighted by Crippen LogP contribution is 2.55. The summed E-state index contributed by atoms with van der Waals surface area (Å²) in [7, 11) is -10.2. The van der Waals surface area contributed by atoms with Gasteiger partial charge in [-0.15, -0.1) is 24.0 Å². The minimum atomic E-state index is -4.07. The number of anilines is 2. The lowest BCUT2D eigenvalue weighted by Crippen LogP contribution is -2.38. The molecule has 9 fully saturated rings. The van der Waals surface area contributed by atoms with Gasteiger partial charge in [0.05, 0.1) is 113 Å². The average molecular weight is 1970 g/mol. The van der Waals surface area contributed by atoms with Gasteiger partial charge in [0.15, 0.2) is 0 Å². The molecule has 9 atom stereocenters. The van der Waals surface area contributed by atoms with Crippen molar-refractivity contribution in [3.05, 3.63) is 213 Å². The van der Waals surface area contributed by atoms with Crippen LogP contribution < -0.4 is 15.1 Å². The number of halogens is 8. The van der Waals surface area contributed by atoms with E-state index in [1.807, 2.05) is 131 Å². The van der Waals surface area contributed by atoms with E-state index in [0.717, 1.165) is 157 Å². The molecule has 6 saturated carbocycles. The maximum Gasteiger partial charge on any atom is 0.335 e. The molecular formula is C86H99BrCl6IN6O15P3. The molecule has 0 unspecified atom stereocenters. The lowest BCUT2D eigenvalue weighted by Gasteiger charge is -2.33. The topological polar surface area (TPSA) is 253 Å². The third-order valence-corrected chi connectivity index (χ3v) is 30.7. The van der Waals surface area contributed by atoms with Crippen molar-refractivity contribution in [2.75, 3.05) is 55.9 Å². The summed E-state index contributed by atoms with van der Waals surface area (Å²) < 4.78 is 95.4. The van der Waals surface area contributed by atoms with Gasteiger partial charge in [0.2, 0.25) is 0 Å². The van der Waals surface area contributed by atoms with Gasteiger partial charge < -0.3 is 70.8 Å². The fraction of sp³-hybridized carbons (Fsp3) is 0.477. The number of benzene rings is 6. The molecule has 0 radical (unpaired) electrons. The van der Waals surface area contributed by atoms with Gasteiger partial charge in [0.1, 0.15) is 34.4 Å². The number of hydrogen-bond donors (Lipinski definition) is 3. The number of nitrogens with one attached hydrogen (secondary N) is 1. The van der Waals surface area contributed by atoms with Gasteiger partial charge in [-0.2, -0.15) is 0 Å². The van der Waals surface area contributed by atoms with Crippen LogP contribution in [0.1, 0.15) is 173 Å². The molecule has 6 aromatic carbocycles. The monoisotopic (exact) mass is 1960 g/mol. The van der Waals surface area contributed by atoms with Crippen LogP contribution in [0.2, 0.25) is 30.1 Å². The van der Waals surface area contributed by atoms with Crippen LogP contribution in [0.4, 0.5) is 11.4 Å². The number of aromatic nitrogens is 3. The zero-order chi connectivity index (χ0) is 81.9. The van der Waals surface area contributed by atoms with Crippen molar-refractivity contribution in [2.24, 2.45) is 17.8 Å². The minimum Gasteiger partial charge on any atom is -0.373 e. The lowest BCUT2D eigenvalue weighted by atomic mass is 10.0. The molecule has 3 aromatic heterocycles. The molecule has 21 nitrogen and oxygen atoms in total. The first-order valence-electron chi connectivity index (χ1n) is 40.6. The summed E-state index contributed by atoms with van der Waals surface area (Å²) in [5.41, 5.74) is 12.0.